The van der Waals surface area contributed by atoms with Crippen LogP contribution in [0.25, 0.3) is 0 Å². The van der Waals surface area contributed by atoms with Gasteiger partial charge in [0.15, 0.2) is 6.61 Å². The van der Waals surface area contributed by atoms with Gasteiger partial charge in [0.1, 0.15) is 5.75 Å². The molecule has 0 heterocycles. The zero-order valence-corrected chi connectivity index (χ0v) is 13.0. The molecule has 0 spiro atoms. The summed E-state index contributed by atoms with van der Waals surface area (Å²) in [5.41, 5.74) is 2.92. The lowest BCUT2D eigenvalue weighted by Gasteiger charge is -2.10. The van der Waals surface area contributed by atoms with E-state index in [0.29, 0.717) is 5.75 Å². The van der Waals surface area contributed by atoms with Gasteiger partial charge in [0, 0.05) is 10.2 Å². The number of rotatable bonds is 4. The Morgan fingerprint density at radius 3 is 2.50 bits per heavy atom. The maximum atomic E-state index is 11.8. The second-order valence-corrected chi connectivity index (χ2v) is 5.53. The third kappa shape index (κ3) is 4.10. The number of amides is 1. The van der Waals surface area contributed by atoms with E-state index in [2.05, 4.69) is 21.2 Å². The van der Waals surface area contributed by atoms with E-state index in [1.54, 1.807) is 0 Å². The zero-order chi connectivity index (χ0) is 14.5. The van der Waals surface area contributed by atoms with Crippen molar-refractivity contribution >= 4 is 27.5 Å². The van der Waals surface area contributed by atoms with Gasteiger partial charge in [-0.15, -0.1) is 0 Å². The van der Waals surface area contributed by atoms with E-state index in [9.17, 15) is 4.79 Å². The quantitative estimate of drug-likeness (QED) is 0.915. The molecule has 0 aromatic heterocycles. The van der Waals surface area contributed by atoms with E-state index in [1.165, 1.54) is 0 Å². The van der Waals surface area contributed by atoms with E-state index < -0.39 is 0 Å². The molecule has 3 nitrogen and oxygen atoms in total. The summed E-state index contributed by atoms with van der Waals surface area (Å²) in [5, 5.41) is 2.80. The molecule has 0 unspecified atom stereocenters. The van der Waals surface area contributed by atoms with Crippen LogP contribution in [0, 0.1) is 13.8 Å². The lowest BCUT2D eigenvalue weighted by Crippen LogP contribution is -2.20. The van der Waals surface area contributed by atoms with Crippen molar-refractivity contribution in [2.75, 3.05) is 11.9 Å². The lowest BCUT2D eigenvalue weighted by molar-refractivity contribution is -0.118. The number of ether oxygens (including phenoxy) is 1. The Balaban J connectivity index is 1.90. The van der Waals surface area contributed by atoms with Crippen molar-refractivity contribution in [2.24, 2.45) is 0 Å². The number of halogens is 1. The van der Waals surface area contributed by atoms with E-state index >= 15 is 0 Å². The van der Waals surface area contributed by atoms with E-state index in [1.807, 2.05) is 56.3 Å². The molecule has 2 aromatic carbocycles. The highest BCUT2D eigenvalue weighted by Gasteiger charge is 2.05. The molecule has 20 heavy (non-hydrogen) atoms. The van der Waals surface area contributed by atoms with Gasteiger partial charge in [0.25, 0.3) is 5.91 Å². The highest BCUT2D eigenvalue weighted by atomic mass is 79.9. The highest BCUT2D eigenvalue weighted by Crippen LogP contribution is 2.22. The summed E-state index contributed by atoms with van der Waals surface area (Å²) >= 11 is 3.39. The number of nitrogens with one attached hydrogen (secondary N) is 1. The first kappa shape index (κ1) is 14.6. The number of anilines is 1. The molecule has 0 bridgehead atoms. The van der Waals surface area contributed by atoms with Crippen molar-refractivity contribution in [3.8, 4) is 5.75 Å². The molecule has 1 amide bonds. The number of aryl methyl sites for hydroxylation is 2. The molecule has 0 aliphatic rings. The monoisotopic (exact) mass is 333 g/mol. The van der Waals surface area contributed by atoms with Crippen LogP contribution in [-0.4, -0.2) is 12.5 Å². The molecule has 2 aromatic rings. The van der Waals surface area contributed by atoms with Gasteiger partial charge in [-0.1, -0.05) is 33.6 Å². The Hall–Kier alpha value is -1.81. The molecule has 0 radical (unpaired) electrons. The fourth-order valence-corrected chi connectivity index (χ4v) is 2.23. The van der Waals surface area contributed by atoms with E-state index in [4.69, 9.17) is 4.74 Å². The van der Waals surface area contributed by atoms with Crippen LogP contribution in [0.4, 0.5) is 5.69 Å². The number of benzene rings is 2. The van der Waals surface area contributed by atoms with Gasteiger partial charge < -0.3 is 10.1 Å². The second kappa shape index (κ2) is 6.57. The van der Waals surface area contributed by atoms with Crippen molar-refractivity contribution in [1.29, 1.82) is 0 Å². The summed E-state index contributed by atoms with van der Waals surface area (Å²) in [6.07, 6.45) is 0. The fourth-order valence-electron chi connectivity index (χ4n) is 1.75. The van der Waals surface area contributed by atoms with Crippen molar-refractivity contribution in [1.82, 2.24) is 0 Å². The number of hydrogen-bond acceptors (Lipinski definition) is 2. The Labute approximate surface area is 127 Å². The minimum absolute atomic E-state index is 0.00362. The van der Waals surface area contributed by atoms with Crippen molar-refractivity contribution in [3.63, 3.8) is 0 Å². The van der Waals surface area contributed by atoms with Gasteiger partial charge in [-0.25, -0.2) is 0 Å². The van der Waals surface area contributed by atoms with Gasteiger partial charge in [-0.05, 0) is 49.7 Å². The zero-order valence-electron chi connectivity index (χ0n) is 11.4. The third-order valence-electron chi connectivity index (χ3n) is 2.83. The molecule has 0 saturated carbocycles. The summed E-state index contributed by atoms with van der Waals surface area (Å²) in [7, 11) is 0. The molecule has 4 heteroatoms. The van der Waals surface area contributed by atoms with Crippen LogP contribution >= 0.6 is 15.9 Å². The summed E-state index contributed by atoms with van der Waals surface area (Å²) in [4.78, 5) is 11.8. The molecule has 104 valence electrons. The molecule has 0 atom stereocenters. The minimum Gasteiger partial charge on any atom is -0.483 e. The van der Waals surface area contributed by atoms with Crippen LogP contribution in [-0.2, 0) is 4.79 Å². The first-order valence-corrected chi connectivity index (χ1v) is 7.09. The molecule has 0 saturated heterocycles. The Bertz CT molecular complexity index is 608. The average molecular weight is 334 g/mol. The van der Waals surface area contributed by atoms with E-state index in [-0.39, 0.29) is 12.5 Å². The van der Waals surface area contributed by atoms with Crippen LogP contribution in [0.5, 0.6) is 5.75 Å². The number of hydrogen-bond donors (Lipinski definition) is 1. The fraction of sp³-hybridized carbons (Fsp3) is 0.188. The second-order valence-electron chi connectivity index (χ2n) is 4.61. The van der Waals surface area contributed by atoms with Crippen LogP contribution in [0.15, 0.2) is 46.9 Å². The first-order valence-electron chi connectivity index (χ1n) is 6.30. The summed E-state index contributed by atoms with van der Waals surface area (Å²) < 4.78 is 6.51. The van der Waals surface area contributed by atoms with Crippen molar-refractivity contribution in [2.45, 2.75) is 13.8 Å². The molecule has 0 aliphatic heterocycles. The van der Waals surface area contributed by atoms with Gasteiger partial charge >= 0.3 is 0 Å². The van der Waals surface area contributed by atoms with Crippen LogP contribution in [0.1, 0.15) is 11.1 Å². The molecule has 2 rings (SSSR count). The summed E-state index contributed by atoms with van der Waals surface area (Å²) in [6.45, 7) is 3.94. The molecular weight excluding hydrogens is 318 g/mol. The maximum absolute atomic E-state index is 11.8. The largest absolute Gasteiger partial charge is 0.483 e. The van der Waals surface area contributed by atoms with Crippen LogP contribution in [0.3, 0.4) is 0 Å². The maximum Gasteiger partial charge on any atom is 0.262 e. The Morgan fingerprint density at radius 1 is 1.15 bits per heavy atom. The predicted molar refractivity (Wildman–Crippen MR) is 84.2 cm³/mol. The molecule has 0 aliphatic carbocycles. The van der Waals surface area contributed by atoms with Gasteiger partial charge in [0.05, 0.1) is 0 Å². The minimum atomic E-state index is -0.170. The number of carbonyl (C=O) groups is 1. The van der Waals surface area contributed by atoms with Crippen LogP contribution in [0.2, 0.25) is 0 Å². The molecular formula is C16H16BrNO2. The lowest BCUT2D eigenvalue weighted by atomic mass is 10.2. The Kier molecular flexibility index (Phi) is 4.79. The third-order valence-corrected chi connectivity index (χ3v) is 3.32. The topological polar surface area (TPSA) is 38.3 Å². The van der Waals surface area contributed by atoms with Gasteiger partial charge in [-0.2, -0.15) is 0 Å². The summed E-state index contributed by atoms with van der Waals surface area (Å²) in [5.74, 6) is 0.545. The summed E-state index contributed by atoms with van der Waals surface area (Å²) in [6, 6.07) is 13.3. The molecule has 0 fully saturated rings. The van der Waals surface area contributed by atoms with E-state index in [0.717, 1.165) is 21.3 Å². The SMILES string of the molecule is Cc1ccc(NC(=O)COc2ccc(Br)cc2C)cc1. The Morgan fingerprint density at radius 2 is 1.85 bits per heavy atom. The average Bonchev–Trinajstić information content (AvgIpc) is 2.40. The van der Waals surface area contributed by atoms with Gasteiger partial charge in [-0.3, -0.25) is 4.79 Å². The molecule has 1 N–H and O–H groups in total. The normalized spacial score (nSPS) is 10.2. The standard InChI is InChI=1S/C16H16BrNO2/c1-11-3-6-14(7-4-11)18-16(19)10-20-15-8-5-13(17)9-12(15)2/h3-9H,10H2,1-2H3,(H,18,19). The first-order chi connectivity index (χ1) is 9.54. The van der Waals surface area contributed by atoms with Crippen molar-refractivity contribution in [3.05, 3.63) is 58.1 Å². The van der Waals surface area contributed by atoms with Crippen LogP contribution < -0.4 is 10.1 Å². The smallest absolute Gasteiger partial charge is 0.262 e. The predicted octanol–water partition coefficient (Wildman–Crippen LogP) is 4.08. The van der Waals surface area contributed by atoms with Crippen molar-refractivity contribution < 1.29 is 9.53 Å². The number of carbonyl (C=O) groups excluding carboxylic acids is 1. The highest BCUT2D eigenvalue weighted by molar-refractivity contribution is 9.10. The van der Waals surface area contributed by atoms with Gasteiger partial charge in [0.2, 0.25) is 0 Å².